The van der Waals surface area contributed by atoms with Crippen LogP contribution >= 0.6 is 11.3 Å². The average Bonchev–Trinajstić information content (AvgIpc) is 3.19. The first kappa shape index (κ1) is 20.5. The molecule has 2 aromatic carbocycles. The molecule has 6 nitrogen and oxygen atoms in total. The molecule has 0 saturated carbocycles. The van der Waals surface area contributed by atoms with Crippen LogP contribution in [-0.4, -0.2) is 47.2 Å². The number of benzene rings is 2. The molecule has 4 rings (SSSR count). The van der Waals surface area contributed by atoms with Gasteiger partial charge in [-0.05, 0) is 36.2 Å². The molecule has 1 aromatic heterocycles. The molecule has 1 fully saturated rings. The minimum atomic E-state index is -0.202. The maximum atomic E-state index is 12.4. The largest absolute Gasteiger partial charge is 0.506 e. The maximum absolute atomic E-state index is 12.4. The predicted octanol–water partition coefficient (Wildman–Crippen LogP) is 3.84. The van der Waals surface area contributed by atoms with Gasteiger partial charge >= 0.3 is 0 Å². The molecule has 3 aromatic rings. The highest BCUT2D eigenvalue weighted by molar-refractivity contribution is 7.13. The Labute approximate surface area is 180 Å². The van der Waals surface area contributed by atoms with Crippen LogP contribution in [0.2, 0.25) is 0 Å². The van der Waals surface area contributed by atoms with E-state index in [-0.39, 0.29) is 18.1 Å². The molecule has 0 spiro atoms. The van der Waals surface area contributed by atoms with Crippen molar-refractivity contribution in [3.05, 3.63) is 64.7 Å². The minimum Gasteiger partial charge on any atom is -0.506 e. The number of aromatic hydroxyl groups is 1. The topological polar surface area (TPSA) is 74.7 Å². The summed E-state index contributed by atoms with van der Waals surface area (Å²) in [5.41, 5.74) is 4.38. The Morgan fingerprint density at radius 3 is 2.87 bits per heavy atom. The number of anilines is 1. The van der Waals surface area contributed by atoms with Crippen LogP contribution < -0.4 is 5.32 Å². The van der Waals surface area contributed by atoms with E-state index in [0.717, 1.165) is 54.7 Å². The van der Waals surface area contributed by atoms with Gasteiger partial charge in [0.05, 0.1) is 31.0 Å². The lowest BCUT2D eigenvalue weighted by molar-refractivity contribution is -0.115. The molecule has 1 aliphatic rings. The van der Waals surface area contributed by atoms with Crippen molar-refractivity contribution in [2.24, 2.45) is 0 Å². The number of amides is 1. The summed E-state index contributed by atoms with van der Waals surface area (Å²) in [5, 5.41) is 15.5. The molecule has 1 saturated heterocycles. The van der Waals surface area contributed by atoms with E-state index in [9.17, 15) is 9.90 Å². The number of phenols is 1. The monoisotopic (exact) mass is 423 g/mol. The summed E-state index contributed by atoms with van der Waals surface area (Å²) in [6, 6.07) is 13.6. The lowest BCUT2D eigenvalue weighted by atomic mass is 10.1. The first-order valence-electron chi connectivity index (χ1n) is 10.00. The van der Waals surface area contributed by atoms with E-state index >= 15 is 0 Å². The molecule has 1 aliphatic heterocycles. The molecule has 0 radical (unpaired) electrons. The number of hydrogen-bond donors (Lipinski definition) is 2. The lowest BCUT2D eigenvalue weighted by Gasteiger charge is -2.26. The van der Waals surface area contributed by atoms with Crippen molar-refractivity contribution in [1.29, 1.82) is 0 Å². The molecule has 7 heteroatoms. The Morgan fingerprint density at radius 1 is 1.23 bits per heavy atom. The fourth-order valence-corrected chi connectivity index (χ4v) is 4.26. The molecule has 2 N–H and O–H groups in total. The van der Waals surface area contributed by atoms with Crippen LogP contribution in [0.3, 0.4) is 0 Å². The summed E-state index contributed by atoms with van der Waals surface area (Å²) in [7, 11) is 0. The number of nitrogens with one attached hydrogen (secondary N) is 1. The summed E-state index contributed by atoms with van der Waals surface area (Å²) in [6.07, 6.45) is 0.164. The number of rotatable bonds is 6. The number of phenolic OH excluding ortho intramolecular Hbond substituents is 1. The van der Waals surface area contributed by atoms with Crippen molar-refractivity contribution in [3.8, 4) is 16.3 Å². The van der Waals surface area contributed by atoms with E-state index in [1.54, 1.807) is 12.1 Å². The summed E-state index contributed by atoms with van der Waals surface area (Å²) < 4.78 is 5.42. The highest BCUT2D eigenvalue weighted by atomic mass is 32.1. The zero-order valence-electron chi connectivity index (χ0n) is 16.9. The van der Waals surface area contributed by atoms with Crippen molar-refractivity contribution in [1.82, 2.24) is 9.88 Å². The van der Waals surface area contributed by atoms with Crippen molar-refractivity contribution in [2.75, 3.05) is 31.6 Å². The number of ether oxygens (including phenoxy) is 1. The standard InChI is InChI=1S/C23H25N3O3S/c1-16-5-6-20(21(27)11-16)25-22(28)13-19-15-30-23(24-19)18-4-2-3-17(12-18)14-26-7-9-29-10-8-26/h2-6,11-12,15,27H,7-10,13-14H2,1H3,(H,25,28). The van der Waals surface area contributed by atoms with E-state index in [1.807, 2.05) is 18.4 Å². The number of carbonyl (C=O) groups excluding carboxylic acids is 1. The van der Waals surface area contributed by atoms with Crippen molar-refractivity contribution < 1.29 is 14.6 Å². The fourth-order valence-electron chi connectivity index (χ4n) is 3.45. The Hall–Kier alpha value is -2.74. The Bertz CT molecular complexity index is 1030. The van der Waals surface area contributed by atoms with Crippen molar-refractivity contribution >= 4 is 22.9 Å². The highest BCUT2D eigenvalue weighted by Crippen LogP contribution is 2.27. The average molecular weight is 424 g/mol. The van der Waals surface area contributed by atoms with E-state index in [4.69, 9.17) is 4.74 Å². The normalized spacial score (nSPS) is 14.6. The smallest absolute Gasteiger partial charge is 0.230 e. The molecule has 1 amide bonds. The first-order chi connectivity index (χ1) is 14.6. The molecule has 0 bridgehead atoms. The molecule has 2 heterocycles. The lowest BCUT2D eigenvalue weighted by Crippen LogP contribution is -2.35. The van der Waals surface area contributed by atoms with Crippen LogP contribution in [0.25, 0.3) is 10.6 Å². The second-order valence-electron chi connectivity index (χ2n) is 7.48. The number of hydrogen-bond acceptors (Lipinski definition) is 6. The van der Waals surface area contributed by atoms with Gasteiger partial charge in [-0.3, -0.25) is 9.69 Å². The number of aromatic nitrogens is 1. The summed E-state index contributed by atoms with van der Waals surface area (Å²) in [5.74, 6) is -0.133. The first-order valence-corrected chi connectivity index (χ1v) is 10.9. The van der Waals surface area contributed by atoms with Crippen LogP contribution in [0.4, 0.5) is 5.69 Å². The van der Waals surface area contributed by atoms with Crippen LogP contribution in [0.1, 0.15) is 16.8 Å². The zero-order valence-corrected chi connectivity index (χ0v) is 17.7. The zero-order chi connectivity index (χ0) is 20.9. The molecule has 0 unspecified atom stereocenters. The van der Waals surface area contributed by atoms with Crippen molar-refractivity contribution in [2.45, 2.75) is 19.9 Å². The molecular weight excluding hydrogens is 398 g/mol. The third-order valence-electron chi connectivity index (χ3n) is 5.00. The van der Waals surface area contributed by atoms with E-state index in [0.29, 0.717) is 5.69 Å². The summed E-state index contributed by atoms with van der Waals surface area (Å²) in [4.78, 5) is 19.4. The number of aryl methyl sites for hydroxylation is 1. The SMILES string of the molecule is Cc1ccc(NC(=O)Cc2csc(-c3cccc(CN4CCOCC4)c3)n2)c(O)c1. The molecule has 156 valence electrons. The highest BCUT2D eigenvalue weighted by Gasteiger charge is 2.13. The number of thiazole rings is 1. The van der Waals surface area contributed by atoms with Gasteiger partial charge in [-0.25, -0.2) is 4.98 Å². The number of morpholine rings is 1. The fraction of sp³-hybridized carbons (Fsp3) is 0.304. The molecule has 0 aliphatic carbocycles. The maximum Gasteiger partial charge on any atom is 0.230 e. The van der Waals surface area contributed by atoms with Gasteiger partial charge in [0.25, 0.3) is 0 Å². The van der Waals surface area contributed by atoms with Gasteiger partial charge < -0.3 is 15.2 Å². The second kappa shape index (κ2) is 9.38. The van der Waals surface area contributed by atoms with E-state index in [1.165, 1.54) is 16.9 Å². The molecule has 0 atom stereocenters. The van der Waals surface area contributed by atoms with Gasteiger partial charge in [0.2, 0.25) is 5.91 Å². The Morgan fingerprint density at radius 2 is 2.07 bits per heavy atom. The third-order valence-corrected chi connectivity index (χ3v) is 5.94. The van der Waals surface area contributed by atoms with E-state index < -0.39 is 0 Å². The van der Waals surface area contributed by atoms with Gasteiger partial charge in [0.1, 0.15) is 10.8 Å². The number of carbonyl (C=O) groups is 1. The van der Waals surface area contributed by atoms with Gasteiger partial charge in [0, 0.05) is 30.6 Å². The Balaban J connectivity index is 1.40. The van der Waals surface area contributed by atoms with Crippen LogP contribution in [0.5, 0.6) is 5.75 Å². The van der Waals surface area contributed by atoms with Crippen molar-refractivity contribution in [3.63, 3.8) is 0 Å². The summed E-state index contributed by atoms with van der Waals surface area (Å²) in [6.45, 7) is 6.28. The Kier molecular flexibility index (Phi) is 6.42. The predicted molar refractivity (Wildman–Crippen MR) is 119 cm³/mol. The van der Waals surface area contributed by atoms with E-state index in [2.05, 4.69) is 39.5 Å². The minimum absolute atomic E-state index is 0.0689. The molecular formula is C23H25N3O3S. The van der Waals surface area contributed by atoms with Crippen LogP contribution in [-0.2, 0) is 22.5 Å². The van der Waals surface area contributed by atoms with Crippen LogP contribution in [0.15, 0.2) is 47.8 Å². The van der Waals surface area contributed by atoms with Gasteiger partial charge in [-0.1, -0.05) is 24.3 Å². The number of nitrogens with zero attached hydrogens (tertiary/aromatic N) is 2. The van der Waals surface area contributed by atoms with Gasteiger partial charge in [0.15, 0.2) is 0 Å². The third kappa shape index (κ3) is 5.24. The summed E-state index contributed by atoms with van der Waals surface area (Å²) >= 11 is 1.54. The quantitative estimate of drug-likeness (QED) is 0.590. The van der Waals surface area contributed by atoms with Gasteiger partial charge in [-0.2, -0.15) is 0 Å². The van der Waals surface area contributed by atoms with Gasteiger partial charge in [-0.15, -0.1) is 11.3 Å². The second-order valence-corrected chi connectivity index (χ2v) is 8.34. The van der Waals surface area contributed by atoms with Crippen LogP contribution in [0, 0.1) is 6.92 Å². The molecule has 30 heavy (non-hydrogen) atoms.